The van der Waals surface area contributed by atoms with Gasteiger partial charge >= 0.3 is 6.03 Å². The van der Waals surface area contributed by atoms with Crippen LogP contribution in [-0.4, -0.2) is 47.3 Å². The van der Waals surface area contributed by atoms with E-state index in [4.69, 9.17) is 4.74 Å². The number of likely N-dealkylation sites (tertiary alicyclic amines) is 1. The number of nitrogens with zero attached hydrogens (tertiary/aromatic N) is 3. The van der Waals surface area contributed by atoms with Gasteiger partial charge in [0.1, 0.15) is 21.9 Å². The van der Waals surface area contributed by atoms with E-state index in [-0.39, 0.29) is 29.3 Å². The molecule has 0 saturated carbocycles. The number of aryl methyl sites for hydroxylation is 1. The Morgan fingerprint density at radius 2 is 1.86 bits per heavy atom. The number of anilines is 2. The Balaban J connectivity index is 1.25. The van der Waals surface area contributed by atoms with Gasteiger partial charge in [0.05, 0.1) is 17.4 Å². The van der Waals surface area contributed by atoms with Gasteiger partial charge in [-0.3, -0.25) is 9.69 Å². The molecule has 1 aromatic heterocycles. The Kier molecular flexibility index (Phi) is 6.26. The third-order valence-corrected chi connectivity index (χ3v) is 8.46. The van der Waals surface area contributed by atoms with Gasteiger partial charge in [0, 0.05) is 17.7 Å². The van der Waals surface area contributed by atoms with Crippen LogP contribution in [0.5, 0.6) is 11.5 Å². The SMILES string of the molecule is Cc1cc(Oc2ccccc2)ccc1N1C(=O)NC2c3c1ccnc3SC2NC(=O)C1CCN(C)CC1. The van der Waals surface area contributed by atoms with Gasteiger partial charge in [-0.05, 0) is 81.9 Å². The lowest BCUT2D eigenvalue weighted by Gasteiger charge is -2.35. The Bertz CT molecular complexity index is 1340. The first-order valence-corrected chi connectivity index (χ1v) is 13.4. The summed E-state index contributed by atoms with van der Waals surface area (Å²) >= 11 is 1.51. The van der Waals surface area contributed by atoms with Crippen LogP contribution in [-0.2, 0) is 4.79 Å². The summed E-state index contributed by atoms with van der Waals surface area (Å²) in [5, 5.41) is 6.90. The predicted octanol–water partition coefficient (Wildman–Crippen LogP) is 4.97. The van der Waals surface area contributed by atoms with E-state index >= 15 is 0 Å². The Morgan fingerprint density at radius 3 is 2.62 bits per heavy atom. The second-order valence-corrected chi connectivity index (χ2v) is 10.9. The molecule has 4 heterocycles. The number of carbonyl (C=O) groups excluding carboxylic acids is 2. The standard InChI is InChI=1S/C28H29N5O3S/c1-17-16-20(36-19-6-4-3-5-7-19)8-9-21(17)33-22-10-13-29-26-23(22)24(30-28(33)35)27(37-26)31-25(34)18-11-14-32(2)15-12-18/h3-10,13,16,18,24,27H,11-12,14-15H2,1-2H3,(H,30,35)(H,31,34). The van der Waals surface area contributed by atoms with E-state index in [1.54, 1.807) is 11.1 Å². The average Bonchev–Trinajstić information content (AvgIpc) is 3.24. The molecule has 37 heavy (non-hydrogen) atoms. The van der Waals surface area contributed by atoms with Crippen molar-refractivity contribution in [2.24, 2.45) is 5.92 Å². The fraction of sp³-hybridized carbons (Fsp3) is 0.321. The van der Waals surface area contributed by atoms with E-state index in [1.165, 1.54) is 11.8 Å². The number of piperidine rings is 1. The molecule has 0 bridgehead atoms. The summed E-state index contributed by atoms with van der Waals surface area (Å²) in [5.41, 5.74) is 3.42. The molecule has 2 N–H and O–H groups in total. The smallest absolute Gasteiger partial charge is 0.327 e. The van der Waals surface area contributed by atoms with E-state index in [2.05, 4.69) is 27.6 Å². The van der Waals surface area contributed by atoms with Gasteiger partial charge in [0.25, 0.3) is 0 Å². The summed E-state index contributed by atoms with van der Waals surface area (Å²) in [5.74, 6) is 1.52. The molecular weight excluding hydrogens is 486 g/mol. The van der Waals surface area contributed by atoms with Crippen LogP contribution in [0.2, 0.25) is 0 Å². The summed E-state index contributed by atoms with van der Waals surface area (Å²) in [6.45, 7) is 3.81. The molecular formula is C28H29N5O3S. The minimum Gasteiger partial charge on any atom is -0.457 e. The maximum absolute atomic E-state index is 13.5. The van der Waals surface area contributed by atoms with E-state index in [1.807, 2.05) is 61.5 Å². The number of para-hydroxylation sites is 1. The Labute approximate surface area is 220 Å². The molecule has 0 radical (unpaired) electrons. The van der Waals surface area contributed by atoms with Crippen LogP contribution in [0.15, 0.2) is 65.8 Å². The lowest BCUT2D eigenvalue weighted by Crippen LogP contribution is -2.51. The van der Waals surface area contributed by atoms with Crippen LogP contribution in [0.1, 0.15) is 30.0 Å². The van der Waals surface area contributed by atoms with Crippen LogP contribution in [0.3, 0.4) is 0 Å². The molecule has 0 spiro atoms. The molecule has 1 saturated heterocycles. The molecule has 2 atom stereocenters. The van der Waals surface area contributed by atoms with E-state index in [0.29, 0.717) is 5.75 Å². The molecule has 9 heteroatoms. The van der Waals surface area contributed by atoms with Crippen molar-refractivity contribution in [3.8, 4) is 11.5 Å². The number of carbonyl (C=O) groups is 2. The van der Waals surface area contributed by atoms with Crippen molar-refractivity contribution >= 4 is 35.1 Å². The largest absolute Gasteiger partial charge is 0.457 e. The first kappa shape index (κ1) is 23.8. The average molecular weight is 516 g/mol. The number of amides is 3. The van der Waals surface area contributed by atoms with Gasteiger partial charge in [-0.15, -0.1) is 0 Å². The molecule has 6 rings (SSSR count). The first-order valence-electron chi connectivity index (χ1n) is 12.6. The van der Waals surface area contributed by atoms with Crippen LogP contribution < -0.4 is 20.3 Å². The van der Waals surface area contributed by atoms with Crippen molar-refractivity contribution in [3.63, 3.8) is 0 Å². The van der Waals surface area contributed by atoms with Gasteiger partial charge in [0.15, 0.2) is 0 Å². The highest BCUT2D eigenvalue weighted by Crippen LogP contribution is 2.50. The molecule has 190 valence electrons. The maximum atomic E-state index is 13.5. The van der Waals surface area contributed by atoms with Crippen molar-refractivity contribution in [2.45, 2.75) is 36.2 Å². The van der Waals surface area contributed by atoms with Gasteiger partial charge < -0.3 is 20.3 Å². The first-order chi connectivity index (χ1) is 18.0. The van der Waals surface area contributed by atoms with Crippen molar-refractivity contribution < 1.29 is 14.3 Å². The number of thioether (sulfide) groups is 1. The van der Waals surface area contributed by atoms with Gasteiger partial charge in [0.2, 0.25) is 5.91 Å². The highest BCUT2D eigenvalue weighted by molar-refractivity contribution is 8.00. The summed E-state index contributed by atoms with van der Waals surface area (Å²) in [4.78, 5) is 35.1. The second-order valence-electron chi connectivity index (χ2n) is 9.80. The number of nitrogens with one attached hydrogen (secondary N) is 2. The molecule has 2 unspecified atom stereocenters. The van der Waals surface area contributed by atoms with Crippen molar-refractivity contribution in [3.05, 3.63) is 71.9 Å². The number of aromatic nitrogens is 1. The third kappa shape index (κ3) is 4.53. The zero-order valence-electron chi connectivity index (χ0n) is 20.8. The third-order valence-electron chi connectivity index (χ3n) is 7.27. The maximum Gasteiger partial charge on any atom is 0.327 e. The zero-order chi connectivity index (χ0) is 25.5. The summed E-state index contributed by atoms with van der Waals surface area (Å²) < 4.78 is 5.98. The molecule has 3 aliphatic rings. The number of urea groups is 1. The van der Waals surface area contributed by atoms with Gasteiger partial charge in [-0.2, -0.15) is 0 Å². The highest BCUT2D eigenvalue weighted by atomic mass is 32.2. The number of hydrogen-bond donors (Lipinski definition) is 2. The summed E-state index contributed by atoms with van der Waals surface area (Å²) in [6, 6.07) is 16.6. The zero-order valence-corrected chi connectivity index (χ0v) is 21.6. The molecule has 3 aliphatic heterocycles. The molecule has 3 amide bonds. The van der Waals surface area contributed by atoms with E-state index in [0.717, 1.165) is 59.2 Å². The molecule has 0 aliphatic carbocycles. The molecule has 8 nitrogen and oxygen atoms in total. The Morgan fingerprint density at radius 1 is 1.08 bits per heavy atom. The summed E-state index contributed by atoms with van der Waals surface area (Å²) in [6.07, 6.45) is 3.43. The Hall–Kier alpha value is -3.56. The lowest BCUT2D eigenvalue weighted by atomic mass is 9.96. The quantitative estimate of drug-likeness (QED) is 0.499. The lowest BCUT2D eigenvalue weighted by molar-refractivity contribution is -0.126. The van der Waals surface area contributed by atoms with Crippen LogP contribution in [0.25, 0.3) is 0 Å². The van der Waals surface area contributed by atoms with Crippen LogP contribution in [0.4, 0.5) is 16.2 Å². The predicted molar refractivity (Wildman–Crippen MR) is 143 cm³/mol. The fourth-order valence-electron chi connectivity index (χ4n) is 5.27. The minimum absolute atomic E-state index is 0.00278. The van der Waals surface area contributed by atoms with E-state index in [9.17, 15) is 9.59 Å². The minimum atomic E-state index is -0.330. The van der Waals surface area contributed by atoms with Crippen LogP contribution >= 0.6 is 11.8 Å². The fourth-order valence-corrected chi connectivity index (χ4v) is 6.50. The monoisotopic (exact) mass is 515 g/mol. The van der Waals surface area contributed by atoms with Crippen LogP contribution in [0, 0.1) is 12.8 Å². The molecule has 3 aromatic rings. The van der Waals surface area contributed by atoms with Gasteiger partial charge in [-0.1, -0.05) is 30.0 Å². The van der Waals surface area contributed by atoms with Gasteiger partial charge in [-0.25, -0.2) is 9.78 Å². The molecule has 1 fully saturated rings. The number of rotatable bonds is 5. The molecule has 2 aromatic carbocycles. The number of benzene rings is 2. The normalized spacial score (nSPS) is 21.4. The summed E-state index contributed by atoms with van der Waals surface area (Å²) in [7, 11) is 2.08. The highest BCUT2D eigenvalue weighted by Gasteiger charge is 2.45. The van der Waals surface area contributed by atoms with Crippen molar-refractivity contribution in [1.82, 2.24) is 20.5 Å². The van der Waals surface area contributed by atoms with E-state index < -0.39 is 0 Å². The number of pyridine rings is 1. The topological polar surface area (TPSA) is 86.8 Å². The van der Waals surface area contributed by atoms with Crippen molar-refractivity contribution in [2.75, 3.05) is 25.0 Å². The number of ether oxygens (including phenoxy) is 1. The number of hydrogen-bond acceptors (Lipinski definition) is 6. The second kappa shape index (κ2) is 9.72. The van der Waals surface area contributed by atoms with Crippen molar-refractivity contribution in [1.29, 1.82) is 0 Å².